The Morgan fingerprint density at radius 2 is 1.81 bits per heavy atom. The van der Waals surface area contributed by atoms with Gasteiger partial charge in [-0.2, -0.15) is 0 Å². The van der Waals surface area contributed by atoms with Crippen LogP contribution in [0.3, 0.4) is 0 Å². The Balaban J connectivity index is 1.56. The van der Waals surface area contributed by atoms with Gasteiger partial charge in [-0.3, -0.25) is 0 Å². The van der Waals surface area contributed by atoms with Crippen LogP contribution in [0.5, 0.6) is 0 Å². The fourth-order valence-electron chi connectivity index (χ4n) is 3.69. The number of benzene rings is 1. The van der Waals surface area contributed by atoms with Gasteiger partial charge in [-0.05, 0) is 55.1 Å². The molecule has 0 spiro atoms. The molecule has 4 nitrogen and oxygen atoms in total. The lowest BCUT2D eigenvalue weighted by atomic mass is 9.92. The molecule has 2 heterocycles. The van der Waals surface area contributed by atoms with Crippen molar-refractivity contribution < 1.29 is 0 Å². The van der Waals surface area contributed by atoms with E-state index in [2.05, 4.69) is 59.5 Å². The van der Waals surface area contributed by atoms with Gasteiger partial charge in [0, 0.05) is 13.1 Å². The number of hydrogen-bond donors (Lipinski definition) is 2. The Kier molecular flexibility index (Phi) is 6.09. The lowest BCUT2D eigenvalue weighted by molar-refractivity contribution is 0.355. The van der Waals surface area contributed by atoms with Gasteiger partial charge < -0.3 is 15.5 Å². The highest BCUT2D eigenvalue weighted by atomic mass is 32.1. The van der Waals surface area contributed by atoms with Gasteiger partial charge >= 0.3 is 0 Å². The Morgan fingerprint density at radius 1 is 1.12 bits per heavy atom. The summed E-state index contributed by atoms with van der Waals surface area (Å²) in [5, 5.41) is 7.15. The van der Waals surface area contributed by atoms with Crippen LogP contribution < -0.4 is 15.5 Å². The predicted octanol–water partition coefficient (Wildman–Crippen LogP) is 4.61. The monoisotopic (exact) mass is 368 g/mol. The van der Waals surface area contributed by atoms with E-state index in [1.54, 1.807) is 0 Å². The van der Waals surface area contributed by atoms with Gasteiger partial charge in [0.2, 0.25) is 0 Å². The van der Waals surface area contributed by atoms with E-state index in [0.29, 0.717) is 5.11 Å². The molecular weight excluding hydrogens is 340 g/mol. The van der Waals surface area contributed by atoms with Crippen molar-refractivity contribution in [1.82, 2.24) is 10.3 Å². The fourth-order valence-corrected chi connectivity index (χ4v) is 3.98. The third-order valence-corrected chi connectivity index (χ3v) is 5.07. The second kappa shape index (κ2) is 8.49. The summed E-state index contributed by atoms with van der Waals surface area (Å²) in [6, 6.07) is 14.6. The SMILES string of the molecule is C[C@@H]1C[C@H](C)CN(c2ccc(NC(=S)N[C@@H](C)c3ccccc3)cn2)C1. The molecule has 0 aliphatic carbocycles. The van der Waals surface area contributed by atoms with Crippen LogP contribution in [0.2, 0.25) is 0 Å². The number of thiocarbonyl (C=S) groups is 1. The third-order valence-electron chi connectivity index (χ3n) is 4.85. The van der Waals surface area contributed by atoms with E-state index < -0.39 is 0 Å². The number of rotatable bonds is 4. The van der Waals surface area contributed by atoms with E-state index in [4.69, 9.17) is 12.2 Å². The summed E-state index contributed by atoms with van der Waals surface area (Å²) in [7, 11) is 0. The molecule has 3 rings (SSSR count). The van der Waals surface area contributed by atoms with Crippen molar-refractivity contribution in [2.24, 2.45) is 11.8 Å². The van der Waals surface area contributed by atoms with Crippen LogP contribution in [0, 0.1) is 11.8 Å². The van der Waals surface area contributed by atoms with E-state index >= 15 is 0 Å². The number of nitrogens with zero attached hydrogens (tertiary/aromatic N) is 2. The molecule has 26 heavy (non-hydrogen) atoms. The van der Waals surface area contributed by atoms with E-state index in [1.165, 1.54) is 12.0 Å². The van der Waals surface area contributed by atoms with Gasteiger partial charge in [0.15, 0.2) is 5.11 Å². The van der Waals surface area contributed by atoms with Crippen LogP contribution in [0.4, 0.5) is 11.5 Å². The molecule has 1 aliphatic heterocycles. The first kappa shape index (κ1) is 18.6. The first-order valence-corrected chi connectivity index (χ1v) is 9.75. The van der Waals surface area contributed by atoms with Crippen molar-refractivity contribution in [3.05, 3.63) is 54.2 Å². The van der Waals surface area contributed by atoms with Crippen molar-refractivity contribution in [3.8, 4) is 0 Å². The molecule has 0 bridgehead atoms. The highest BCUT2D eigenvalue weighted by Gasteiger charge is 2.22. The predicted molar refractivity (Wildman–Crippen MR) is 114 cm³/mol. The number of aromatic nitrogens is 1. The highest BCUT2D eigenvalue weighted by molar-refractivity contribution is 7.80. The van der Waals surface area contributed by atoms with Crippen LogP contribution in [-0.4, -0.2) is 23.2 Å². The molecule has 1 fully saturated rings. The first-order valence-electron chi connectivity index (χ1n) is 9.34. The quantitative estimate of drug-likeness (QED) is 0.771. The molecule has 0 amide bonds. The summed E-state index contributed by atoms with van der Waals surface area (Å²) in [5.74, 6) is 2.48. The Bertz CT molecular complexity index is 707. The summed E-state index contributed by atoms with van der Waals surface area (Å²) in [6.45, 7) is 8.90. The van der Waals surface area contributed by atoms with Gasteiger partial charge in [0.05, 0.1) is 17.9 Å². The molecule has 138 valence electrons. The molecular formula is C21H28N4S. The molecule has 3 atom stereocenters. The van der Waals surface area contributed by atoms with Crippen LogP contribution in [0.25, 0.3) is 0 Å². The molecule has 0 radical (unpaired) electrons. The number of piperidine rings is 1. The number of pyridine rings is 1. The first-order chi connectivity index (χ1) is 12.5. The summed E-state index contributed by atoms with van der Waals surface area (Å²) in [6.07, 6.45) is 3.16. The zero-order valence-corrected chi connectivity index (χ0v) is 16.6. The normalized spacial score (nSPS) is 21.1. The van der Waals surface area contributed by atoms with Crippen LogP contribution in [0.1, 0.15) is 38.8 Å². The van der Waals surface area contributed by atoms with Crippen LogP contribution in [-0.2, 0) is 0 Å². The van der Waals surface area contributed by atoms with E-state index in [9.17, 15) is 0 Å². The fraction of sp³-hybridized carbons (Fsp3) is 0.429. The maximum Gasteiger partial charge on any atom is 0.171 e. The van der Waals surface area contributed by atoms with E-state index in [0.717, 1.165) is 36.4 Å². The Labute approximate surface area is 162 Å². The molecule has 2 N–H and O–H groups in total. The van der Waals surface area contributed by atoms with Crippen molar-refractivity contribution in [2.75, 3.05) is 23.3 Å². The molecule has 0 unspecified atom stereocenters. The van der Waals surface area contributed by atoms with Crippen LogP contribution in [0.15, 0.2) is 48.7 Å². The molecule has 0 saturated carbocycles. The average molecular weight is 369 g/mol. The number of nitrogens with one attached hydrogen (secondary N) is 2. The van der Waals surface area contributed by atoms with Crippen LogP contribution >= 0.6 is 12.2 Å². The molecule has 1 aliphatic rings. The molecule has 1 aromatic carbocycles. The average Bonchev–Trinajstić information content (AvgIpc) is 2.62. The second-order valence-electron chi connectivity index (χ2n) is 7.49. The van der Waals surface area contributed by atoms with Gasteiger partial charge in [-0.1, -0.05) is 44.2 Å². The summed E-state index contributed by atoms with van der Waals surface area (Å²) >= 11 is 5.44. The lowest BCUT2D eigenvalue weighted by Crippen LogP contribution is -2.39. The zero-order valence-electron chi connectivity index (χ0n) is 15.8. The van der Waals surface area contributed by atoms with Crippen molar-refractivity contribution >= 4 is 28.8 Å². The topological polar surface area (TPSA) is 40.2 Å². The lowest BCUT2D eigenvalue weighted by Gasteiger charge is -2.35. The number of hydrogen-bond acceptors (Lipinski definition) is 3. The third kappa shape index (κ3) is 4.94. The smallest absolute Gasteiger partial charge is 0.171 e. The van der Waals surface area contributed by atoms with Gasteiger partial charge in [-0.15, -0.1) is 0 Å². The minimum absolute atomic E-state index is 0.153. The Hall–Kier alpha value is -2.14. The van der Waals surface area contributed by atoms with Crippen molar-refractivity contribution in [3.63, 3.8) is 0 Å². The van der Waals surface area contributed by atoms with Gasteiger partial charge in [0.1, 0.15) is 5.82 Å². The summed E-state index contributed by atoms with van der Waals surface area (Å²) in [5.41, 5.74) is 2.11. The minimum Gasteiger partial charge on any atom is -0.356 e. The standard InChI is InChI=1S/C21H28N4S/c1-15-11-16(2)14-25(13-15)20-10-9-19(12-22-20)24-21(26)23-17(3)18-7-5-4-6-8-18/h4-10,12,15-17H,11,13-14H2,1-3H3,(H2,23,24,26)/t15-,16+,17-/m0/s1. The molecule has 1 saturated heterocycles. The highest BCUT2D eigenvalue weighted by Crippen LogP contribution is 2.25. The maximum absolute atomic E-state index is 5.44. The maximum atomic E-state index is 5.44. The molecule has 5 heteroatoms. The van der Waals surface area contributed by atoms with E-state index in [1.807, 2.05) is 30.5 Å². The van der Waals surface area contributed by atoms with Crippen molar-refractivity contribution in [1.29, 1.82) is 0 Å². The second-order valence-corrected chi connectivity index (χ2v) is 7.90. The van der Waals surface area contributed by atoms with Gasteiger partial charge in [-0.25, -0.2) is 4.98 Å². The number of anilines is 2. The Morgan fingerprint density at radius 3 is 2.42 bits per heavy atom. The van der Waals surface area contributed by atoms with Gasteiger partial charge in [0.25, 0.3) is 0 Å². The molecule has 1 aromatic heterocycles. The minimum atomic E-state index is 0.153. The summed E-state index contributed by atoms with van der Waals surface area (Å²) in [4.78, 5) is 7.02. The largest absolute Gasteiger partial charge is 0.356 e. The zero-order chi connectivity index (χ0) is 18.5. The summed E-state index contributed by atoms with van der Waals surface area (Å²) < 4.78 is 0. The van der Waals surface area contributed by atoms with E-state index in [-0.39, 0.29) is 6.04 Å². The van der Waals surface area contributed by atoms with Crippen molar-refractivity contribution in [2.45, 2.75) is 33.2 Å². The molecule has 2 aromatic rings.